The maximum atomic E-state index is 13.5. The van der Waals surface area contributed by atoms with E-state index >= 15 is 0 Å². The van der Waals surface area contributed by atoms with Crippen molar-refractivity contribution < 1.29 is 27.5 Å². The fraction of sp³-hybridized carbons (Fsp3) is 0.156. The van der Waals surface area contributed by atoms with Crippen molar-refractivity contribution in [2.45, 2.75) is 11.3 Å². The van der Waals surface area contributed by atoms with Crippen LogP contribution >= 0.6 is 11.6 Å². The van der Waals surface area contributed by atoms with Gasteiger partial charge >= 0.3 is 0 Å². The third-order valence-corrected chi connectivity index (χ3v) is 8.32. The molecule has 44 heavy (non-hydrogen) atoms. The lowest BCUT2D eigenvalue weighted by atomic mass is 10.1. The van der Waals surface area contributed by atoms with Gasteiger partial charge in [-0.25, -0.2) is 13.8 Å². The van der Waals surface area contributed by atoms with Gasteiger partial charge in [0.15, 0.2) is 6.61 Å². The molecule has 4 aromatic rings. The Morgan fingerprint density at radius 3 is 2.18 bits per heavy atom. The van der Waals surface area contributed by atoms with E-state index in [0.717, 1.165) is 16.3 Å². The number of hydrogen-bond acceptors (Lipinski definition) is 7. The number of anilines is 1. The van der Waals surface area contributed by atoms with E-state index in [9.17, 15) is 18.0 Å². The van der Waals surface area contributed by atoms with Gasteiger partial charge in [0.2, 0.25) is 0 Å². The number of halogens is 1. The van der Waals surface area contributed by atoms with Crippen molar-refractivity contribution in [3.8, 4) is 11.5 Å². The summed E-state index contributed by atoms with van der Waals surface area (Å²) < 4.78 is 38.6. The number of carbonyl (C=O) groups is 2. The second kappa shape index (κ2) is 15.6. The normalized spacial score (nSPS) is 11.1. The summed E-state index contributed by atoms with van der Waals surface area (Å²) >= 11 is 5.99. The SMILES string of the molecule is COc1ccc(S(=O)(=O)N(CC(=O)N/N=C/c2ccc(OCC(=O)NCCc3ccccc3)cc2)c2ccc(Cl)cc2)cc1. The van der Waals surface area contributed by atoms with Crippen molar-refractivity contribution in [2.24, 2.45) is 5.10 Å². The highest BCUT2D eigenvalue weighted by atomic mass is 35.5. The quantitative estimate of drug-likeness (QED) is 0.156. The van der Waals surface area contributed by atoms with Crippen LogP contribution in [0.4, 0.5) is 5.69 Å². The fourth-order valence-corrected chi connectivity index (χ4v) is 5.53. The molecular weight excluding hydrogens is 604 g/mol. The third-order valence-electron chi connectivity index (χ3n) is 6.28. The van der Waals surface area contributed by atoms with Gasteiger partial charge in [-0.2, -0.15) is 5.10 Å². The van der Waals surface area contributed by atoms with Crippen molar-refractivity contribution in [3.63, 3.8) is 0 Å². The molecule has 10 nitrogen and oxygen atoms in total. The van der Waals surface area contributed by atoms with Gasteiger partial charge in [0.1, 0.15) is 18.0 Å². The van der Waals surface area contributed by atoms with E-state index in [1.54, 1.807) is 24.3 Å². The molecule has 0 fully saturated rings. The number of ether oxygens (including phenoxy) is 2. The molecule has 4 aromatic carbocycles. The van der Waals surface area contributed by atoms with Crippen molar-refractivity contribution in [2.75, 3.05) is 31.1 Å². The standard InChI is InChI=1S/C32H31ClN4O6S/c1-42-28-15-17-30(18-16-28)44(40,41)37(27-11-9-26(33)10-12-27)22-31(38)36-35-21-25-7-13-29(14-8-25)43-23-32(39)34-20-19-24-5-3-2-4-6-24/h2-18,21H,19-20,22-23H2,1H3,(H,34,39)(H,36,38)/b35-21+. The van der Waals surface area contributed by atoms with Crippen LogP contribution in [0.5, 0.6) is 11.5 Å². The molecule has 0 radical (unpaired) electrons. The first kappa shape index (κ1) is 32.1. The molecule has 2 amide bonds. The number of amides is 2. The molecule has 0 spiro atoms. The first-order chi connectivity index (χ1) is 21.2. The molecule has 228 valence electrons. The molecular formula is C32H31ClN4O6S. The molecule has 0 unspecified atom stereocenters. The maximum Gasteiger partial charge on any atom is 0.264 e. The lowest BCUT2D eigenvalue weighted by Gasteiger charge is -2.23. The molecule has 2 N–H and O–H groups in total. The minimum Gasteiger partial charge on any atom is -0.497 e. The zero-order valence-corrected chi connectivity index (χ0v) is 25.4. The van der Waals surface area contributed by atoms with E-state index in [2.05, 4.69) is 15.8 Å². The molecule has 0 atom stereocenters. The van der Waals surface area contributed by atoms with E-state index < -0.39 is 22.5 Å². The van der Waals surface area contributed by atoms with Crippen molar-refractivity contribution >= 4 is 45.3 Å². The molecule has 0 saturated carbocycles. The first-order valence-electron chi connectivity index (χ1n) is 13.5. The number of rotatable bonds is 14. The van der Waals surface area contributed by atoms with Gasteiger partial charge in [0.05, 0.1) is 23.9 Å². The summed E-state index contributed by atoms with van der Waals surface area (Å²) in [5, 5.41) is 7.20. The Labute approximate surface area is 261 Å². The summed E-state index contributed by atoms with van der Waals surface area (Å²) in [6.07, 6.45) is 2.14. The summed E-state index contributed by atoms with van der Waals surface area (Å²) in [4.78, 5) is 24.8. The van der Waals surface area contributed by atoms with Gasteiger partial charge in [0, 0.05) is 11.6 Å². The highest BCUT2D eigenvalue weighted by Gasteiger charge is 2.27. The largest absolute Gasteiger partial charge is 0.497 e. The number of sulfonamides is 1. The molecule has 0 aliphatic carbocycles. The third kappa shape index (κ3) is 9.32. The van der Waals surface area contributed by atoms with Crippen LogP contribution in [-0.2, 0) is 26.0 Å². The summed E-state index contributed by atoms with van der Waals surface area (Å²) in [5.74, 6) is 0.0999. The van der Waals surface area contributed by atoms with Gasteiger partial charge in [-0.3, -0.25) is 13.9 Å². The Balaban J connectivity index is 1.30. The molecule has 0 saturated heterocycles. The Hall–Kier alpha value is -4.87. The zero-order valence-electron chi connectivity index (χ0n) is 23.9. The number of hydrogen-bond donors (Lipinski definition) is 2. The Kier molecular flexibility index (Phi) is 11.3. The summed E-state index contributed by atoms with van der Waals surface area (Å²) in [6.45, 7) is -0.145. The van der Waals surface area contributed by atoms with Gasteiger partial charge in [-0.15, -0.1) is 0 Å². The predicted molar refractivity (Wildman–Crippen MR) is 170 cm³/mol. The predicted octanol–water partition coefficient (Wildman–Crippen LogP) is 4.43. The average molecular weight is 635 g/mol. The van der Waals surface area contributed by atoms with E-state index in [1.807, 2.05) is 30.3 Å². The first-order valence-corrected chi connectivity index (χ1v) is 15.3. The number of nitrogens with one attached hydrogen (secondary N) is 2. The zero-order chi connectivity index (χ0) is 31.4. The highest BCUT2D eigenvalue weighted by Crippen LogP contribution is 2.26. The minimum atomic E-state index is -4.12. The fourth-order valence-electron chi connectivity index (χ4n) is 3.98. The van der Waals surface area contributed by atoms with Crippen molar-refractivity contribution in [3.05, 3.63) is 119 Å². The number of carbonyl (C=O) groups excluding carboxylic acids is 2. The average Bonchev–Trinajstić information content (AvgIpc) is 3.04. The number of benzene rings is 4. The highest BCUT2D eigenvalue weighted by molar-refractivity contribution is 7.92. The molecule has 0 aromatic heterocycles. The number of nitrogens with zero attached hydrogens (tertiary/aromatic N) is 2. The lowest BCUT2D eigenvalue weighted by Crippen LogP contribution is -2.39. The molecule has 0 aliphatic heterocycles. The van der Waals surface area contributed by atoms with E-state index in [4.69, 9.17) is 21.1 Å². The van der Waals surface area contributed by atoms with Gasteiger partial charge in [-0.05, 0) is 90.3 Å². The topological polar surface area (TPSA) is 126 Å². The Morgan fingerprint density at radius 2 is 1.52 bits per heavy atom. The second-order valence-electron chi connectivity index (χ2n) is 9.40. The van der Waals surface area contributed by atoms with Gasteiger partial charge in [-0.1, -0.05) is 41.9 Å². The van der Waals surface area contributed by atoms with Crippen LogP contribution in [0.3, 0.4) is 0 Å². The number of hydrazone groups is 1. The van der Waals surface area contributed by atoms with E-state index in [1.165, 1.54) is 61.9 Å². The van der Waals surface area contributed by atoms with Crippen LogP contribution in [0, 0.1) is 0 Å². The van der Waals surface area contributed by atoms with E-state index in [0.29, 0.717) is 28.6 Å². The Bertz CT molecular complexity index is 1670. The van der Waals surface area contributed by atoms with Crippen LogP contribution in [0.2, 0.25) is 5.02 Å². The monoisotopic (exact) mass is 634 g/mol. The molecule has 0 bridgehead atoms. The van der Waals surface area contributed by atoms with Crippen LogP contribution in [-0.4, -0.2) is 53.3 Å². The lowest BCUT2D eigenvalue weighted by molar-refractivity contribution is -0.123. The second-order valence-corrected chi connectivity index (χ2v) is 11.7. The van der Waals surface area contributed by atoms with Crippen molar-refractivity contribution in [1.29, 1.82) is 0 Å². The van der Waals surface area contributed by atoms with Crippen LogP contribution in [0.15, 0.2) is 113 Å². The molecule has 0 heterocycles. The molecule has 4 rings (SSSR count). The van der Waals surface area contributed by atoms with Crippen LogP contribution in [0.25, 0.3) is 0 Å². The van der Waals surface area contributed by atoms with Crippen molar-refractivity contribution in [1.82, 2.24) is 10.7 Å². The minimum absolute atomic E-state index is 0.0171. The van der Waals surface area contributed by atoms with Crippen LogP contribution < -0.4 is 24.5 Å². The van der Waals surface area contributed by atoms with Gasteiger partial charge in [0.25, 0.3) is 21.8 Å². The smallest absolute Gasteiger partial charge is 0.264 e. The summed E-state index contributed by atoms with van der Waals surface area (Å²) in [6, 6.07) is 28.6. The maximum absolute atomic E-state index is 13.5. The Morgan fingerprint density at radius 1 is 0.864 bits per heavy atom. The molecule has 12 heteroatoms. The van der Waals surface area contributed by atoms with Crippen LogP contribution in [0.1, 0.15) is 11.1 Å². The van der Waals surface area contributed by atoms with Gasteiger partial charge < -0.3 is 14.8 Å². The summed E-state index contributed by atoms with van der Waals surface area (Å²) in [5.41, 5.74) is 4.40. The number of methoxy groups -OCH3 is 1. The van der Waals surface area contributed by atoms with E-state index in [-0.39, 0.29) is 23.1 Å². The molecule has 0 aliphatic rings. The summed E-state index contributed by atoms with van der Waals surface area (Å²) in [7, 11) is -2.64.